The molecule has 3 rings (SSSR count). The highest BCUT2D eigenvalue weighted by atomic mass is 16.5. The third kappa shape index (κ3) is 3.06. The summed E-state index contributed by atoms with van der Waals surface area (Å²) in [7, 11) is 0. The maximum atomic E-state index is 9.45. The van der Waals surface area contributed by atoms with Gasteiger partial charge < -0.3 is 14.7 Å². The van der Waals surface area contributed by atoms with E-state index in [4.69, 9.17) is 4.74 Å². The molecule has 2 aromatic rings. The highest BCUT2D eigenvalue weighted by Gasteiger charge is 2.26. The zero-order chi connectivity index (χ0) is 15.5. The lowest BCUT2D eigenvalue weighted by Gasteiger charge is -2.35. The maximum absolute atomic E-state index is 9.45. The molecule has 2 heterocycles. The van der Waals surface area contributed by atoms with Crippen molar-refractivity contribution in [1.29, 1.82) is 0 Å². The maximum Gasteiger partial charge on any atom is 0.146 e. The average molecular weight is 302 g/mol. The van der Waals surface area contributed by atoms with Crippen molar-refractivity contribution in [3.8, 4) is 5.75 Å². The summed E-state index contributed by atoms with van der Waals surface area (Å²) in [6, 6.07) is 7.90. The van der Waals surface area contributed by atoms with Crippen LogP contribution in [0.1, 0.15) is 19.7 Å². The van der Waals surface area contributed by atoms with Crippen LogP contribution in [0, 0.1) is 5.92 Å². The summed E-state index contributed by atoms with van der Waals surface area (Å²) in [6.07, 6.45) is 1.39. The van der Waals surface area contributed by atoms with Crippen LogP contribution in [-0.2, 0) is 13.1 Å². The first-order chi connectivity index (χ1) is 10.7. The second-order valence-electron chi connectivity index (χ2n) is 6.02. The minimum Gasteiger partial charge on any atom is -0.484 e. The van der Waals surface area contributed by atoms with E-state index in [0.29, 0.717) is 19.0 Å². The monoisotopic (exact) mass is 302 g/mol. The molecule has 0 spiro atoms. The zero-order valence-corrected chi connectivity index (χ0v) is 13.0. The second kappa shape index (κ2) is 6.36. The number of anilines is 1. The molecule has 22 heavy (non-hydrogen) atoms. The van der Waals surface area contributed by atoms with Gasteiger partial charge in [-0.15, -0.1) is 0 Å². The Morgan fingerprint density at radius 2 is 2.18 bits per heavy atom. The Morgan fingerprint density at radius 3 is 2.95 bits per heavy atom. The van der Waals surface area contributed by atoms with Crippen LogP contribution in [0.2, 0.25) is 0 Å². The molecule has 1 aromatic heterocycles. The number of hydrogen-bond donors (Lipinski definition) is 1. The van der Waals surface area contributed by atoms with Gasteiger partial charge in [-0.2, -0.15) is 5.10 Å². The molecular weight excluding hydrogens is 280 g/mol. The van der Waals surface area contributed by atoms with Crippen LogP contribution in [0.25, 0.3) is 0 Å². The molecule has 1 atom stereocenters. The van der Waals surface area contributed by atoms with Gasteiger partial charge in [-0.25, -0.2) is 9.67 Å². The molecule has 0 amide bonds. The number of aromatic nitrogens is 3. The third-order valence-electron chi connectivity index (χ3n) is 3.69. The summed E-state index contributed by atoms with van der Waals surface area (Å²) in [6.45, 7) is 6.48. The first-order valence-corrected chi connectivity index (χ1v) is 7.65. The van der Waals surface area contributed by atoms with Gasteiger partial charge in [0, 0.05) is 6.54 Å². The largest absolute Gasteiger partial charge is 0.484 e. The van der Waals surface area contributed by atoms with Gasteiger partial charge in [0.05, 0.1) is 25.4 Å². The zero-order valence-electron chi connectivity index (χ0n) is 13.0. The van der Waals surface area contributed by atoms with Gasteiger partial charge >= 0.3 is 0 Å². The molecule has 0 bridgehead atoms. The Balaban J connectivity index is 1.84. The van der Waals surface area contributed by atoms with Crippen molar-refractivity contribution in [2.24, 2.45) is 5.92 Å². The summed E-state index contributed by atoms with van der Waals surface area (Å²) < 4.78 is 7.75. The van der Waals surface area contributed by atoms with Crippen LogP contribution in [0.4, 0.5) is 5.69 Å². The van der Waals surface area contributed by atoms with E-state index in [0.717, 1.165) is 23.8 Å². The number of hydrogen-bond acceptors (Lipinski definition) is 5. The number of nitrogens with zero attached hydrogens (tertiary/aromatic N) is 4. The molecule has 1 aromatic carbocycles. The number of para-hydroxylation sites is 2. The van der Waals surface area contributed by atoms with E-state index in [1.165, 1.54) is 0 Å². The lowest BCUT2D eigenvalue weighted by Crippen LogP contribution is -2.42. The summed E-state index contributed by atoms with van der Waals surface area (Å²) in [5, 5.41) is 13.8. The smallest absolute Gasteiger partial charge is 0.146 e. The van der Waals surface area contributed by atoms with E-state index in [1.54, 1.807) is 6.33 Å². The van der Waals surface area contributed by atoms with Gasteiger partial charge in [0.25, 0.3) is 0 Å². The quantitative estimate of drug-likeness (QED) is 0.910. The van der Waals surface area contributed by atoms with E-state index in [-0.39, 0.29) is 12.7 Å². The summed E-state index contributed by atoms with van der Waals surface area (Å²) in [5.41, 5.74) is 1.03. The van der Waals surface area contributed by atoms with Crippen LogP contribution in [-0.4, -0.2) is 39.1 Å². The van der Waals surface area contributed by atoms with E-state index < -0.39 is 0 Å². The average Bonchev–Trinajstić information content (AvgIpc) is 2.93. The fourth-order valence-corrected chi connectivity index (χ4v) is 2.70. The van der Waals surface area contributed by atoms with Crippen LogP contribution < -0.4 is 9.64 Å². The lowest BCUT2D eigenvalue weighted by molar-refractivity contribution is 0.111. The molecule has 0 radical (unpaired) electrons. The first kappa shape index (κ1) is 14.8. The van der Waals surface area contributed by atoms with Crippen molar-refractivity contribution in [3.05, 3.63) is 36.4 Å². The Labute approximate surface area is 130 Å². The van der Waals surface area contributed by atoms with Crippen molar-refractivity contribution in [2.45, 2.75) is 33.0 Å². The van der Waals surface area contributed by atoms with Crippen molar-refractivity contribution in [2.75, 3.05) is 18.1 Å². The molecule has 0 unspecified atom stereocenters. The SMILES string of the molecule is CC(C)Cn1ncnc1CN1C[C@H](CO)Oc2ccccc21. The van der Waals surface area contributed by atoms with E-state index in [1.807, 2.05) is 28.9 Å². The lowest BCUT2D eigenvalue weighted by atomic mass is 10.2. The standard InChI is InChI=1S/C16H22N4O2/c1-12(2)7-20-16(17-11-18-20)9-19-8-13(10-21)22-15-6-4-3-5-14(15)19/h3-6,11-13,21H,7-10H2,1-2H3/t13-/m1/s1. The van der Waals surface area contributed by atoms with Crippen molar-refractivity contribution in [1.82, 2.24) is 14.8 Å². The van der Waals surface area contributed by atoms with Gasteiger partial charge in [0.2, 0.25) is 0 Å². The van der Waals surface area contributed by atoms with Gasteiger partial charge in [-0.3, -0.25) is 0 Å². The van der Waals surface area contributed by atoms with Crippen LogP contribution in [0.15, 0.2) is 30.6 Å². The van der Waals surface area contributed by atoms with E-state index >= 15 is 0 Å². The molecule has 0 aliphatic carbocycles. The number of rotatable bonds is 5. The fourth-order valence-electron chi connectivity index (χ4n) is 2.70. The Kier molecular flexibility index (Phi) is 4.29. The highest BCUT2D eigenvalue weighted by molar-refractivity contribution is 5.60. The van der Waals surface area contributed by atoms with Gasteiger partial charge in [0.15, 0.2) is 0 Å². The molecule has 1 aliphatic rings. The topological polar surface area (TPSA) is 63.4 Å². The second-order valence-corrected chi connectivity index (χ2v) is 6.02. The predicted molar refractivity (Wildman–Crippen MR) is 83.9 cm³/mol. The summed E-state index contributed by atoms with van der Waals surface area (Å²) in [5.74, 6) is 2.26. The molecule has 6 heteroatoms. The molecule has 6 nitrogen and oxygen atoms in total. The van der Waals surface area contributed by atoms with Crippen LogP contribution >= 0.6 is 0 Å². The Hall–Kier alpha value is -2.08. The normalized spacial score (nSPS) is 17.5. The predicted octanol–water partition coefficient (Wildman–Crippen LogP) is 1.69. The molecular formula is C16H22N4O2. The Bertz CT molecular complexity index is 626. The van der Waals surface area contributed by atoms with Crippen LogP contribution in [0.3, 0.4) is 0 Å². The highest BCUT2D eigenvalue weighted by Crippen LogP contribution is 2.33. The third-order valence-corrected chi connectivity index (χ3v) is 3.69. The number of aliphatic hydroxyl groups is 1. The molecule has 0 saturated carbocycles. The van der Waals surface area contributed by atoms with Crippen molar-refractivity contribution in [3.63, 3.8) is 0 Å². The summed E-state index contributed by atoms with van der Waals surface area (Å²) in [4.78, 5) is 6.59. The minimum atomic E-state index is -0.212. The van der Waals surface area contributed by atoms with E-state index in [9.17, 15) is 5.11 Å². The molecule has 1 N–H and O–H groups in total. The van der Waals surface area contributed by atoms with Gasteiger partial charge in [0.1, 0.15) is 24.0 Å². The van der Waals surface area contributed by atoms with E-state index in [2.05, 4.69) is 28.8 Å². The molecule has 1 aliphatic heterocycles. The van der Waals surface area contributed by atoms with Crippen molar-refractivity contribution >= 4 is 5.69 Å². The van der Waals surface area contributed by atoms with Crippen LogP contribution in [0.5, 0.6) is 5.75 Å². The number of ether oxygens (including phenoxy) is 1. The molecule has 118 valence electrons. The summed E-state index contributed by atoms with van der Waals surface area (Å²) >= 11 is 0. The molecule has 0 fully saturated rings. The minimum absolute atomic E-state index is 0.00349. The molecule has 0 saturated heterocycles. The number of aliphatic hydroxyl groups excluding tert-OH is 1. The van der Waals surface area contributed by atoms with Gasteiger partial charge in [-0.05, 0) is 18.1 Å². The Morgan fingerprint density at radius 1 is 1.36 bits per heavy atom. The number of benzene rings is 1. The fraction of sp³-hybridized carbons (Fsp3) is 0.500. The van der Waals surface area contributed by atoms with Gasteiger partial charge in [-0.1, -0.05) is 26.0 Å². The first-order valence-electron chi connectivity index (χ1n) is 7.65. The number of fused-ring (bicyclic) bond motifs is 1. The van der Waals surface area contributed by atoms with Crippen molar-refractivity contribution < 1.29 is 9.84 Å².